The number of nitrogens with zero attached hydrogens (tertiary/aromatic N) is 3. The van der Waals surface area contributed by atoms with Crippen molar-refractivity contribution in [3.8, 4) is 5.75 Å². The zero-order chi connectivity index (χ0) is 20.9. The molecule has 3 aromatic rings. The van der Waals surface area contributed by atoms with E-state index in [1.165, 1.54) is 11.3 Å². The molecule has 4 rings (SSSR count). The van der Waals surface area contributed by atoms with Crippen molar-refractivity contribution < 1.29 is 14.3 Å². The number of aromatic nitrogens is 2. The van der Waals surface area contributed by atoms with Crippen molar-refractivity contribution in [1.29, 1.82) is 0 Å². The third-order valence-corrected chi connectivity index (χ3v) is 6.03. The van der Waals surface area contributed by atoms with E-state index in [0.29, 0.717) is 30.9 Å². The zero-order valence-corrected chi connectivity index (χ0v) is 17.4. The Morgan fingerprint density at radius 2 is 1.93 bits per heavy atom. The first kappa shape index (κ1) is 20.0. The van der Waals surface area contributed by atoms with Crippen molar-refractivity contribution >= 4 is 34.0 Å². The molecular formula is C22H22N4O3S. The van der Waals surface area contributed by atoms with Crippen LogP contribution < -0.4 is 15.0 Å². The van der Waals surface area contributed by atoms with Gasteiger partial charge in [0.1, 0.15) is 10.8 Å². The molecule has 1 atom stereocenters. The lowest BCUT2D eigenvalue weighted by atomic mass is 10.1. The van der Waals surface area contributed by atoms with Crippen molar-refractivity contribution in [2.75, 3.05) is 23.9 Å². The second-order valence-corrected chi connectivity index (χ2v) is 8.09. The van der Waals surface area contributed by atoms with Crippen LogP contribution in [0.1, 0.15) is 29.3 Å². The first-order valence-electron chi connectivity index (χ1n) is 9.74. The van der Waals surface area contributed by atoms with Gasteiger partial charge in [-0.25, -0.2) is 0 Å². The van der Waals surface area contributed by atoms with Crippen LogP contribution >= 0.6 is 11.3 Å². The number of amides is 2. The van der Waals surface area contributed by atoms with Gasteiger partial charge < -0.3 is 15.0 Å². The van der Waals surface area contributed by atoms with E-state index in [-0.39, 0.29) is 17.7 Å². The maximum absolute atomic E-state index is 12.5. The highest BCUT2D eigenvalue weighted by atomic mass is 32.1. The molecule has 1 aliphatic rings. The lowest BCUT2D eigenvalue weighted by Crippen LogP contribution is -2.24. The molecule has 0 bridgehead atoms. The monoisotopic (exact) mass is 422 g/mol. The number of carbonyl (C=O) groups is 2. The van der Waals surface area contributed by atoms with E-state index in [2.05, 4.69) is 15.5 Å². The van der Waals surface area contributed by atoms with Gasteiger partial charge in [0.2, 0.25) is 16.9 Å². The van der Waals surface area contributed by atoms with Crippen molar-refractivity contribution in [3.63, 3.8) is 0 Å². The minimum absolute atomic E-state index is 0.0351. The summed E-state index contributed by atoms with van der Waals surface area (Å²) in [7, 11) is 1.61. The number of nitrogens with one attached hydrogen (secondary N) is 1. The fourth-order valence-corrected chi connectivity index (χ4v) is 4.27. The Morgan fingerprint density at radius 1 is 1.17 bits per heavy atom. The van der Waals surface area contributed by atoms with Gasteiger partial charge >= 0.3 is 0 Å². The van der Waals surface area contributed by atoms with Gasteiger partial charge in [-0.15, -0.1) is 10.2 Å². The smallest absolute Gasteiger partial charge is 0.227 e. The van der Waals surface area contributed by atoms with E-state index in [1.807, 2.05) is 54.6 Å². The minimum atomic E-state index is -0.0936. The molecule has 2 amide bonds. The van der Waals surface area contributed by atoms with Crippen molar-refractivity contribution in [2.24, 2.45) is 0 Å². The number of rotatable bonds is 7. The highest BCUT2D eigenvalue weighted by molar-refractivity contribution is 7.15. The first-order chi connectivity index (χ1) is 14.6. The SMILES string of the molecule is COc1ccc(N2C[C@@H](c3nnc(NC(=O)CCc4ccccc4)s3)CC2=O)cc1. The molecule has 0 unspecified atom stereocenters. The molecule has 0 saturated carbocycles. The number of aryl methyl sites for hydroxylation is 1. The van der Waals surface area contributed by atoms with E-state index >= 15 is 0 Å². The van der Waals surface area contributed by atoms with E-state index < -0.39 is 0 Å². The second-order valence-electron chi connectivity index (χ2n) is 7.08. The van der Waals surface area contributed by atoms with Gasteiger partial charge in [-0.1, -0.05) is 41.7 Å². The molecular weight excluding hydrogens is 400 g/mol. The molecule has 8 heteroatoms. The molecule has 1 aliphatic heterocycles. The van der Waals surface area contributed by atoms with Gasteiger partial charge in [-0.05, 0) is 36.2 Å². The Morgan fingerprint density at radius 3 is 2.67 bits per heavy atom. The predicted molar refractivity (Wildman–Crippen MR) is 116 cm³/mol. The molecule has 1 aromatic heterocycles. The van der Waals surface area contributed by atoms with E-state index in [4.69, 9.17) is 4.74 Å². The van der Waals surface area contributed by atoms with Crippen LogP contribution in [0.5, 0.6) is 5.75 Å². The Hall–Kier alpha value is -3.26. The quantitative estimate of drug-likeness (QED) is 0.628. The third kappa shape index (κ3) is 4.65. The summed E-state index contributed by atoms with van der Waals surface area (Å²) in [6.45, 7) is 0.543. The molecule has 154 valence electrons. The second kappa shape index (κ2) is 9.04. The van der Waals surface area contributed by atoms with Gasteiger partial charge in [-0.3, -0.25) is 9.59 Å². The largest absolute Gasteiger partial charge is 0.497 e. The average molecular weight is 423 g/mol. The Kier molecular flexibility index (Phi) is 6.04. The van der Waals surface area contributed by atoms with Crippen molar-refractivity contribution in [2.45, 2.75) is 25.2 Å². The van der Waals surface area contributed by atoms with Crippen LogP contribution in [0.25, 0.3) is 0 Å². The van der Waals surface area contributed by atoms with Gasteiger partial charge in [0.25, 0.3) is 0 Å². The number of anilines is 2. The highest BCUT2D eigenvalue weighted by Crippen LogP contribution is 2.34. The molecule has 2 aromatic carbocycles. The number of methoxy groups -OCH3 is 1. The van der Waals surface area contributed by atoms with Crippen LogP contribution in [0.3, 0.4) is 0 Å². The van der Waals surface area contributed by atoms with Gasteiger partial charge in [0.05, 0.1) is 7.11 Å². The van der Waals surface area contributed by atoms with E-state index in [0.717, 1.165) is 22.0 Å². The third-order valence-electron chi connectivity index (χ3n) is 5.03. The predicted octanol–water partition coefficient (Wildman–Crippen LogP) is 3.64. The molecule has 1 N–H and O–H groups in total. The molecule has 7 nitrogen and oxygen atoms in total. The Bertz CT molecular complexity index is 1020. The van der Waals surface area contributed by atoms with E-state index in [1.54, 1.807) is 12.0 Å². The van der Waals surface area contributed by atoms with Crippen molar-refractivity contribution in [3.05, 3.63) is 65.2 Å². The van der Waals surface area contributed by atoms with Crippen LogP contribution in [0.4, 0.5) is 10.8 Å². The Labute approximate surface area is 178 Å². The number of benzene rings is 2. The van der Waals surface area contributed by atoms with Gasteiger partial charge in [0, 0.05) is 31.0 Å². The van der Waals surface area contributed by atoms with Crippen LogP contribution in [0.2, 0.25) is 0 Å². The fraction of sp³-hybridized carbons (Fsp3) is 0.273. The van der Waals surface area contributed by atoms with Crippen LogP contribution in [-0.4, -0.2) is 35.7 Å². The van der Waals surface area contributed by atoms with Gasteiger partial charge in [0.15, 0.2) is 0 Å². The topological polar surface area (TPSA) is 84.4 Å². The summed E-state index contributed by atoms with van der Waals surface area (Å²) in [6.07, 6.45) is 1.43. The fourth-order valence-electron chi connectivity index (χ4n) is 3.42. The lowest BCUT2D eigenvalue weighted by molar-refractivity contribution is -0.117. The maximum atomic E-state index is 12.5. The van der Waals surface area contributed by atoms with E-state index in [9.17, 15) is 9.59 Å². The van der Waals surface area contributed by atoms with Crippen LogP contribution in [0, 0.1) is 0 Å². The highest BCUT2D eigenvalue weighted by Gasteiger charge is 2.34. The molecule has 30 heavy (non-hydrogen) atoms. The normalized spacial score (nSPS) is 16.0. The number of ether oxygens (including phenoxy) is 1. The first-order valence-corrected chi connectivity index (χ1v) is 10.6. The molecule has 1 fully saturated rings. The lowest BCUT2D eigenvalue weighted by Gasteiger charge is -2.16. The summed E-state index contributed by atoms with van der Waals surface area (Å²) < 4.78 is 5.17. The van der Waals surface area contributed by atoms with Crippen molar-refractivity contribution in [1.82, 2.24) is 10.2 Å². The number of carbonyl (C=O) groups excluding carboxylic acids is 2. The summed E-state index contributed by atoms with van der Waals surface area (Å²) >= 11 is 1.33. The minimum Gasteiger partial charge on any atom is -0.497 e. The molecule has 1 saturated heterocycles. The molecule has 0 spiro atoms. The molecule has 2 heterocycles. The Balaban J connectivity index is 1.34. The molecule has 0 aliphatic carbocycles. The zero-order valence-electron chi connectivity index (χ0n) is 16.6. The standard InChI is InChI=1S/C22H22N4O3S/c1-29-18-10-8-17(9-11-18)26-14-16(13-20(26)28)21-24-25-22(30-21)23-19(27)12-7-15-5-3-2-4-6-15/h2-6,8-11,16H,7,12-14H2,1H3,(H,23,25,27)/t16-/m0/s1. The summed E-state index contributed by atoms with van der Waals surface area (Å²) in [4.78, 5) is 26.5. The maximum Gasteiger partial charge on any atom is 0.227 e. The average Bonchev–Trinajstić information content (AvgIpc) is 3.39. The summed E-state index contributed by atoms with van der Waals surface area (Å²) in [6, 6.07) is 17.3. The van der Waals surface area contributed by atoms with Gasteiger partial charge in [-0.2, -0.15) is 0 Å². The number of hydrogen-bond acceptors (Lipinski definition) is 6. The molecule has 0 radical (unpaired) electrons. The van der Waals surface area contributed by atoms with Crippen LogP contribution in [-0.2, 0) is 16.0 Å². The summed E-state index contributed by atoms with van der Waals surface area (Å²) in [5.74, 6) is 0.670. The van der Waals surface area contributed by atoms with Crippen LogP contribution in [0.15, 0.2) is 54.6 Å². The summed E-state index contributed by atoms with van der Waals surface area (Å²) in [5, 5.41) is 12.4. The summed E-state index contributed by atoms with van der Waals surface area (Å²) in [5.41, 5.74) is 1.95. The number of hydrogen-bond donors (Lipinski definition) is 1.